The van der Waals surface area contributed by atoms with Crippen molar-refractivity contribution in [3.05, 3.63) is 69.8 Å². The van der Waals surface area contributed by atoms with E-state index in [0.29, 0.717) is 5.56 Å². The van der Waals surface area contributed by atoms with Gasteiger partial charge in [-0.3, -0.25) is 10.1 Å². The Morgan fingerprint density at radius 3 is 2.69 bits per heavy atom. The molecule has 2 aromatic carbocycles. The lowest BCUT2D eigenvalue weighted by atomic mass is 9.97. The van der Waals surface area contributed by atoms with Crippen molar-refractivity contribution in [3.8, 4) is 5.75 Å². The van der Waals surface area contributed by atoms with Crippen LogP contribution in [0, 0.1) is 10.1 Å². The van der Waals surface area contributed by atoms with Crippen molar-refractivity contribution in [2.45, 2.75) is 12.8 Å². The van der Waals surface area contributed by atoms with Crippen molar-refractivity contribution in [1.29, 1.82) is 0 Å². The average molecular weight is 353 g/mol. The van der Waals surface area contributed by atoms with Crippen LogP contribution in [0.1, 0.15) is 24.0 Å². The lowest BCUT2D eigenvalue weighted by Gasteiger charge is -2.01. The fourth-order valence-corrected chi connectivity index (χ4v) is 3.14. The number of benzene rings is 2. The summed E-state index contributed by atoms with van der Waals surface area (Å²) in [6.45, 7) is 1.77. The highest BCUT2D eigenvalue weighted by molar-refractivity contribution is 6.03. The fraction of sp³-hybridized carbons (Fsp3) is 0.158. The Morgan fingerprint density at radius 2 is 2.00 bits per heavy atom. The minimum atomic E-state index is -0.960. The highest BCUT2D eigenvalue weighted by Crippen LogP contribution is 2.35. The number of nitrogens with zero attached hydrogens (tertiary/aromatic N) is 2. The number of hydrogen-bond donors (Lipinski definition) is 2. The van der Waals surface area contributed by atoms with Crippen LogP contribution in [0.25, 0.3) is 6.08 Å². The molecule has 0 radical (unpaired) electrons. The van der Waals surface area contributed by atoms with Gasteiger partial charge in [0.05, 0.1) is 10.8 Å². The van der Waals surface area contributed by atoms with Gasteiger partial charge in [0.15, 0.2) is 5.71 Å². The lowest BCUT2D eigenvalue weighted by Crippen LogP contribution is -2.20. The van der Waals surface area contributed by atoms with Gasteiger partial charge >= 0.3 is 5.97 Å². The predicted octanol–water partition coefficient (Wildman–Crippen LogP) is 3.30. The molecule has 0 amide bonds. The average Bonchev–Trinajstić information content (AvgIpc) is 2.86. The molecule has 0 aromatic heterocycles. The molecule has 0 bridgehead atoms. The molecule has 1 aliphatic rings. The number of non-ortho nitro benzene ring substituents is 1. The number of aromatic hydroxyl groups is 1. The molecule has 0 saturated heterocycles. The van der Waals surface area contributed by atoms with Crippen molar-refractivity contribution in [1.82, 2.24) is 0 Å². The number of phenols is 1. The summed E-state index contributed by atoms with van der Waals surface area (Å²) in [6, 6.07) is 11.3. The van der Waals surface area contributed by atoms with E-state index in [9.17, 15) is 25.1 Å². The molecule has 26 heavy (non-hydrogen) atoms. The number of aliphatic carboxylic acids is 1. The third-order valence-corrected chi connectivity index (χ3v) is 4.40. The molecule has 0 fully saturated rings. The van der Waals surface area contributed by atoms with E-state index in [-0.39, 0.29) is 23.9 Å². The summed E-state index contributed by atoms with van der Waals surface area (Å²) in [5.41, 5.74) is 2.75. The standard InChI is InChI=1S/C19H16N2O5/c1-12-15-4-2-3-5-17(15)20(11-19(23)24)16(12)8-6-13-10-14(21(25)26)7-9-18(13)22/h2-10,12H,11H2,1H3,(H,23,24)/p+1/t12-/m1/s1. The van der Waals surface area contributed by atoms with E-state index in [0.717, 1.165) is 17.0 Å². The maximum absolute atomic E-state index is 11.3. The lowest BCUT2D eigenvalue weighted by molar-refractivity contribution is -0.427. The van der Waals surface area contributed by atoms with Gasteiger partial charge in [0.1, 0.15) is 5.75 Å². The summed E-state index contributed by atoms with van der Waals surface area (Å²) in [5, 5.41) is 30.1. The highest BCUT2D eigenvalue weighted by atomic mass is 16.6. The van der Waals surface area contributed by atoms with E-state index in [2.05, 4.69) is 0 Å². The number of carbonyl (C=O) groups is 1. The number of fused-ring (bicyclic) bond motifs is 1. The van der Waals surface area contributed by atoms with Crippen molar-refractivity contribution in [2.75, 3.05) is 6.54 Å². The van der Waals surface area contributed by atoms with E-state index >= 15 is 0 Å². The number of allylic oxidation sites excluding steroid dienone is 1. The Hall–Kier alpha value is -3.48. The molecule has 1 aliphatic heterocycles. The zero-order valence-corrected chi connectivity index (χ0v) is 14.0. The Balaban J connectivity index is 2.04. The van der Waals surface area contributed by atoms with Crippen LogP contribution in [0.3, 0.4) is 0 Å². The van der Waals surface area contributed by atoms with E-state index in [1.807, 2.05) is 31.2 Å². The van der Waals surface area contributed by atoms with E-state index in [4.69, 9.17) is 0 Å². The van der Waals surface area contributed by atoms with Crippen LogP contribution in [0.5, 0.6) is 5.75 Å². The van der Waals surface area contributed by atoms with Gasteiger partial charge in [0, 0.05) is 35.4 Å². The van der Waals surface area contributed by atoms with Crippen LogP contribution < -0.4 is 0 Å². The topological polar surface area (TPSA) is 104 Å². The van der Waals surface area contributed by atoms with E-state index in [1.165, 1.54) is 18.2 Å². The van der Waals surface area contributed by atoms with E-state index in [1.54, 1.807) is 16.7 Å². The minimum Gasteiger partial charge on any atom is -0.507 e. The van der Waals surface area contributed by atoms with Crippen molar-refractivity contribution >= 4 is 29.1 Å². The second kappa shape index (κ2) is 6.79. The maximum atomic E-state index is 11.3. The van der Waals surface area contributed by atoms with Gasteiger partial charge in [-0.2, -0.15) is 4.58 Å². The second-order valence-electron chi connectivity index (χ2n) is 6.02. The van der Waals surface area contributed by atoms with Gasteiger partial charge < -0.3 is 10.2 Å². The Bertz CT molecular complexity index is 962. The number of hydrogen-bond acceptors (Lipinski definition) is 4. The molecule has 1 heterocycles. The van der Waals surface area contributed by atoms with Gasteiger partial charge in [-0.1, -0.05) is 18.2 Å². The first-order chi connectivity index (χ1) is 12.4. The number of nitro benzene ring substituents is 1. The molecule has 0 unspecified atom stereocenters. The smallest absolute Gasteiger partial charge is 0.370 e. The minimum absolute atomic E-state index is 0.0392. The molecule has 0 saturated carbocycles. The van der Waals surface area contributed by atoms with Crippen LogP contribution in [0.2, 0.25) is 0 Å². The monoisotopic (exact) mass is 353 g/mol. The van der Waals surface area contributed by atoms with Crippen LogP contribution in [0.4, 0.5) is 11.4 Å². The summed E-state index contributed by atoms with van der Waals surface area (Å²) in [4.78, 5) is 21.7. The SMILES string of the molecule is C[C@H]1C(/C=C/c2cc([N+](=O)[O-])ccc2O)=[N+](CC(=O)O)c2ccccc21. The fourth-order valence-electron chi connectivity index (χ4n) is 3.14. The quantitative estimate of drug-likeness (QED) is 0.488. The van der Waals surface area contributed by atoms with Crippen LogP contribution in [-0.2, 0) is 4.79 Å². The van der Waals surface area contributed by atoms with Crippen molar-refractivity contribution in [2.24, 2.45) is 0 Å². The van der Waals surface area contributed by atoms with Gasteiger partial charge in [-0.25, -0.2) is 4.79 Å². The first-order valence-corrected chi connectivity index (χ1v) is 7.99. The van der Waals surface area contributed by atoms with Gasteiger partial charge in [-0.15, -0.1) is 0 Å². The number of carboxylic acids is 1. The summed E-state index contributed by atoms with van der Waals surface area (Å²) < 4.78 is 1.70. The van der Waals surface area contributed by atoms with E-state index < -0.39 is 10.9 Å². The molecule has 0 spiro atoms. The molecule has 7 nitrogen and oxygen atoms in total. The van der Waals surface area contributed by atoms with Gasteiger partial charge in [0.25, 0.3) is 5.69 Å². The Labute approximate surface area is 149 Å². The Morgan fingerprint density at radius 1 is 1.27 bits per heavy atom. The first-order valence-electron chi connectivity index (χ1n) is 7.99. The molecule has 1 atom stereocenters. The number of carboxylic acid groups (broad SMARTS) is 1. The zero-order valence-electron chi connectivity index (χ0n) is 14.0. The molecule has 2 aromatic rings. The number of rotatable bonds is 5. The summed E-state index contributed by atoms with van der Waals surface area (Å²) >= 11 is 0. The molecule has 0 aliphatic carbocycles. The largest absolute Gasteiger partial charge is 0.507 e. The highest BCUT2D eigenvalue weighted by Gasteiger charge is 2.35. The maximum Gasteiger partial charge on any atom is 0.370 e. The summed E-state index contributed by atoms with van der Waals surface area (Å²) in [6.07, 6.45) is 3.27. The van der Waals surface area contributed by atoms with Crippen LogP contribution in [-0.4, -0.2) is 37.9 Å². The molecule has 3 rings (SSSR count). The summed E-state index contributed by atoms with van der Waals surface area (Å²) in [5.74, 6) is -1.08. The Kier molecular flexibility index (Phi) is 4.53. The number of para-hydroxylation sites is 1. The van der Waals surface area contributed by atoms with Gasteiger partial charge in [0.2, 0.25) is 12.2 Å². The third-order valence-electron chi connectivity index (χ3n) is 4.40. The van der Waals surface area contributed by atoms with Crippen molar-refractivity contribution < 1.29 is 24.5 Å². The van der Waals surface area contributed by atoms with Crippen molar-refractivity contribution in [3.63, 3.8) is 0 Å². The number of nitro groups is 1. The van der Waals surface area contributed by atoms with Gasteiger partial charge in [-0.05, 0) is 19.1 Å². The normalized spacial score (nSPS) is 16.1. The second-order valence-corrected chi connectivity index (χ2v) is 6.02. The third kappa shape index (κ3) is 3.19. The molecule has 2 N–H and O–H groups in total. The molecule has 132 valence electrons. The molecule has 7 heteroatoms. The summed E-state index contributed by atoms with van der Waals surface area (Å²) in [7, 11) is 0. The first kappa shape index (κ1) is 17.3. The zero-order chi connectivity index (χ0) is 18.8. The molecular formula is C19H17N2O5+. The predicted molar refractivity (Wildman–Crippen MR) is 96.1 cm³/mol. The van der Waals surface area contributed by atoms with Crippen LogP contribution in [0.15, 0.2) is 48.5 Å². The number of phenolic OH excluding ortho intramolecular Hbond substituents is 1. The molecular weight excluding hydrogens is 336 g/mol. The van der Waals surface area contributed by atoms with Crippen LogP contribution >= 0.6 is 0 Å².